The van der Waals surface area contributed by atoms with Crippen molar-refractivity contribution in [1.82, 2.24) is 10.0 Å². The topological polar surface area (TPSA) is 117 Å². The summed E-state index contributed by atoms with van der Waals surface area (Å²) in [6.07, 6.45) is -0.0655. The van der Waals surface area contributed by atoms with Crippen LogP contribution in [0.25, 0.3) is 0 Å². The molecule has 1 saturated heterocycles. The van der Waals surface area contributed by atoms with E-state index in [2.05, 4.69) is 15.4 Å². The van der Waals surface area contributed by atoms with Crippen LogP contribution in [0.4, 0.5) is 23.7 Å². The van der Waals surface area contributed by atoms with Crippen LogP contribution in [0.15, 0.2) is 47.4 Å². The highest BCUT2D eigenvalue weighted by molar-refractivity contribution is 7.89. The largest absolute Gasteiger partial charge is 0.394 e. The van der Waals surface area contributed by atoms with E-state index >= 15 is 0 Å². The number of ether oxygens (including phenoxy) is 1. The Bertz CT molecular complexity index is 1090. The Hall–Kier alpha value is -2.67. The summed E-state index contributed by atoms with van der Waals surface area (Å²) < 4.78 is 73.4. The number of hydrogen-bond acceptors (Lipinski definition) is 5. The van der Waals surface area contributed by atoms with Crippen molar-refractivity contribution in [2.75, 3.05) is 18.5 Å². The average Bonchev–Trinajstić information content (AvgIpc) is 2.77. The number of nitrogens with one attached hydrogen (secondary N) is 3. The van der Waals surface area contributed by atoms with E-state index in [9.17, 15) is 31.5 Å². The molecular formula is C21H24F3N3O5S. The van der Waals surface area contributed by atoms with Gasteiger partial charge in [0.25, 0.3) is 0 Å². The van der Waals surface area contributed by atoms with Gasteiger partial charge < -0.3 is 20.5 Å². The van der Waals surface area contributed by atoms with E-state index in [1.807, 2.05) is 0 Å². The van der Waals surface area contributed by atoms with Gasteiger partial charge in [0.2, 0.25) is 10.0 Å². The summed E-state index contributed by atoms with van der Waals surface area (Å²) in [5.74, 6) is -2.16. The SMILES string of the molecule is O=C(NCC[C@H]1CC[C@@H](NS(=O)(=O)c2cccc(F)c2)[C@@H](CO)O1)Nc1cc(F)ccc1F. The molecular weight excluding hydrogens is 463 g/mol. The quantitative estimate of drug-likeness (QED) is 0.457. The molecule has 3 atom stereocenters. The molecule has 180 valence electrons. The fourth-order valence-electron chi connectivity index (χ4n) is 3.49. The van der Waals surface area contributed by atoms with E-state index in [0.717, 1.165) is 30.3 Å². The van der Waals surface area contributed by atoms with Crippen LogP contribution in [0.5, 0.6) is 0 Å². The first kappa shape index (κ1) is 25.0. The summed E-state index contributed by atoms with van der Waals surface area (Å²) in [5.41, 5.74) is -0.296. The van der Waals surface area contributed by atoms with E-state index in [1.165, 1.54) is 12.1 Å². The number of anilines is 1. The molecule has 0 aromatic heterocycles. The fraction of sp³-hybridized carbons (Fsp3) is 0.381. The van der Waals surface area contributed by atoms with Gasteiger partial charge in [-0.25, -0.2) is 31.1 Å². The van der Waals surface area contributed by atoms with Crippen LogP contribution >= 0.6 is 0 Å². The van der Waals surface area contributed by atoms with Crippen LogP contribution in [-0.4, -0.2) is 51.0 Å². The zero-order chi connectivity index (χ0) is 24.0. The van der Waals surface area contributed by atoms with Gasteiger partial charge >= 0.3 is 6.03 Å². The van der Waals surface area contributed by atoms with Crippen molar-refractivity contribution in [2.24, 2.45) is 0 Å². The predicted octanol–water partition coefficient (Wildman–Crippen LogP) is 2.50. The molecule has 3 rings (SSSR count). The second kappa shape index (κ2) is 11.0. The minimum atomic E-state index is -4.01. The predicted molar refractivity (Wildman–Crippen MR) is 113 cm³/mol. The summed E-state index contributed by atoms with van der Waals surface area (Å²) in [6.45, 7) is -0.301. The summed E-state index contributed by atoms with van der Waals surface area (Å²) in [7, 11) is -4.01. The number of carbonyl (C=O) groups is 1. The van der Waals surface area contributed by atoms with Gasteiger partial charge in [0.05, 0.1) is 35.4 Å². The van der Waals surface area contributed by atoms with Crippen LogP contribution in [0.2, 0.25) is 0 Å². The summed E-state index contributed by atoms with van der Waals surface area (Å²) >= 11 is 0. The van der Waals surface area contributed by atoms with Crippen molar-refractivity contribution in [3.63, 3.8) is 0 Å². The molecule has 0 saturated carbocycles. The first-order chi connectivity index (χ1) is 15.7. The smallest absolute Gasteiger partial charge is 0.319 e. The Kier molecular flexibility index (Phi) is 8.30. The zero-order valence-electron chi connectivity index (χ0n) is 17.4. The third-order valence-corrected chi connectivity index (χ3v) is 6.62. The molecule has 2 aromatic carbocycles. The normalized spacial score (nSPS) is 20.9. The standard InChI is InChI=1S/C21H24F3N3O5S/c22-13-2-1-3-16(10-13)33(30,31)27-18-7-5-15(32-20(18)12-28)8-9-25-21(29)26-19-11-14(23)4-6-17(19)24/h1-4,6,10-11,15,18,20,27-28H,5,7-9,12H2,(H2,25,26,29)/t15-,18-,20-/m1/s1. The number of urea groups is 1. The number of carbonyl (C=O) groups excluding carboxylic acids is 1. The summed E-state index contributed by atoms with van der Waals surface area (Å²) in [6, 6.07) is 5.82. The highest BCUT2D eigenvalue weighted by atomic mass is 32.2. The number of amides is 2. The van der Waals surface area contributed by atoms with Crippen LogP contribution in [-0.2, 0) is 14.8 Å². The molecule has 2 amide bonds. The second-order valence-corrected chi connectivity index (χ2v) is 9.25. The van der Waals surface area contributed by atoms with Crippen molar-refractivity contribution in [2.45, 2.75) is 42.4 Å². The first-order valence-corrected chi connectivity index (χ1v) is 11.7. The molecule has 0 spiro atoms. The maximum absolute atomic E-state index is 13.6. The first-order valence-electron chi connectivity index (χ1n) is 10.2. The number of benzene rings is 2. The Labute approximate surface area is 189 Å². The Morgan fingerprint density at radius 3 is 2.58 bits per heavy atom. The lowest BCUT2D eigenvalue weighted by Crippen LogP contribution is -2.51. The molecule has 1 heterocycles. The minimum absolute atomic E-state index is 0.144. The van der Waals surface area contributed by atoms with Crippen molar-refractivity contribution in [3.05, 3.63) is 59.9 Å². The van der Waals surface area contributed by atoms with E-state index < -0.39 is 52.3 Å². The van der Waals surface area contributed by atoms with Gasteiger partial charge in [-0.2, -0.15) is 0 Å². The van der Waals surface area contributed by atoms with Gasteiger partial charge in [0, 0.05) is 12.6 Å². The molecule has 2 aromatic rings. The number of sulfonamides is 1. The van der Waals surface area contributed by atoms with E-state index in [0.29, 0.717) is 19.3 Å². The van der Waals surface area contributed by atoms with Gasteiger partial charge in [-0.1, -0.05) is 6.07 Å². The summed E-state index contributed by atoms with van der Waals surface area (Å²) in [4.78, 5) is 11.7. The molecule has 12 heteroatoms. The Morgan fingerprint density at radius 1 is 1.09 bits per heavy atom. The molecule has 0 bridgehead atoms. The Balaban J connectivity index is 1.48. The number of rotatable bonds is 8. The monoisotopic (exact) mass is 487 g/mol. The van der Waals surface area contributed by atoms with Gasteiger partial charge in [-0.05, 0) is 49.6 Å². The molecule has 0 radical (unpaired) electrons. The third kappa shape index (κ3) is 6.90. The lowest BCUT2D eigenvalue weighted by Gasteiger charge is -2.36. The molecule has 4 N–H and O–H groups in total. The van der Waals surface area contributed by atoms with Gasteiger partial charge in [-0.15, -0.1) is 0 Å². The van der Waals surface area contributed by atoms with Crippen LogP contribution in [0.1, 0.15) is 19.3 Å². The van der Waals surface area contributed by atoms with Crippen LogP contribution < -0.4 is 15.4 Å². The van der Waals surface area contributed by atoms with E-state index in [4.69, 9.17) is 4.74 Å². The van der Waals surface area contributed by atoms with Gasteiger partial charge in [0.1, 0.15) is 17.5 Å². The Morgan fingerprint density at radius 2 is 1.85 bits per heavy atom. The highest BCUT2D eigenvalue weighted by Gasteiger charge is 2.34. The van der Waals surface area contributed by atoms with E-state index in [-0.39, 0.29) is 23.2 Å². The van der Waals surface area contributed by atoms with Gasteiger partial charge in [0.15, 0.2) is 0 Å². The summed E-state index contributed by atoms with van der Waals surface area (Å²) in [5, 5.41) is 14.4. The van der Waals surface area contributed by atoms with Gasteiger partial charge in [-0.3, -0.25) is 0 Å². The maximum atomic E-state index is 13.6. The van der Waals surface area contributed by atoms with Crippen molar-refractivity contribution in [3.8, 4) is 0 Å². The fourth-order valence-corrected chi connectivity index (χ4v) is 4.82. The lowest BCUT2D eigenvalue weighted by atomic mass is 9.98. The third-order valence-electron chi connectivity index (χ3n) is 5.14. The van der Waals surface area contributed by atoms with Crippen molar-refractivity contribution < 1.29 is 36.2 Å². The number of halogens is 3. The lowest BCUT2D eigenvalue weighted by molar-refractivity contribution is -0.0871. The molecule has 1 aliphatic rings. The molecule has 0 aliphatic carbocycles. The molecule has 33 heavy (non-hydrogen) atoms. The van der Waals surface area contributed by atoms with Crippen LogP contribution in [0, 0.1) is 17.5 Å². The molecule has 0 unspecified atom stereocenters. The average molecular weight is 488 g/mol. The van der Waals surface area contributed by atoms with Crippen molar-refractivity contribution >= 4 is 21.7 Å². The molecule has 8 nitrogen and oxygen atoms in total. The minimum Gasteiger partial charge on any atom is -0.394 e. The number of aliphatic hydroxyl groups is 1. The maximum Gasteiger partial charge on any atom is 0.319 e. The number of hydrogen-bond donors (Lipinski definition) is 4. The molecule has 1 aliphatic heterocycles. The second-order valence-electron chi connectivity index (χ2n) is 7.54. The van der Waals surface area contributed by atoms with E-state index in [1.54, 1.807) is 0 Å². The molecule has 1 fully saturated rings. The van der Waals surface area contributed by atoms with Crippen LogP contribution in [0.3, 0.4) is 0 Å². The van der Waals surface area contributed by atoms with Crippen molar-refractivity contribution in [1.29, 1.82) is 0 Å². The number of aliphatic hydroxyl groups excluding tert-OH is 1. The zero-order valence-corrected chi connectivity index (χ0v) is 18.2. The highest BCUT2D eigenvalue weighted by Crippen LogP contribution is 2.23.